The van der Waals surface area contributed by atoms with E-state index in [1.165, 1.54) is 13.1 Å². The zero-order chi connectivity index (χ0) is 14.5. The van der Waals surface area contributed by atoms with Gasteiger partial charge in [-0.15, -0.1) is 0 Å². The molecular formula is C14H16N4O2. The van der Waals surface area contributed by atoms with Gasteiger partial charge in [-0.05, 0) is 31.2 Å². The van der Waals surface area contributed by atoms with E-state index in [4.69, 9.17) is 0 Å². The Kier molecular flexibility index (Phi) is 4.14. The number of hydrogen-bond acceptors (Lipinski definition) is 4. The number of aryl methyl sites for hydroxylation is 1. The number of carbonyl (C=O) groups excluding carboxylic acids is 2. The van der Waals surface area contributed by atoms with Crippen LogP contribution in [0.25, 0.3) is 0 Å². The maximum absolute atomic E-state index is 11.9. The molecule has 6 nitrogen and oxygen atoms in total. The van der Waals surface area contributed by atoms with Gasteiger partial charge in [-0.25, -0.2) is 0 Å². The van der Waals surface area contributed by atoms with Crippen molar-refractivity contribution in [1.29, 1.82) is 0 Å². The second kappa shape index (κ2) is 6.01. The molecule has 1 amide bonds. The summed E-state index contributed by atoms with van der Waals surface area (Å²) in [6.07, 6.45) is 3.16. The summed E-state index contributed by atoms with van der Waals surface area (Å²) >= 11 is 0. The topological polar surface area (TPSA) is 76.0 Å². The molecule has 1 aromatic carbocycles. The number of nitrogens with one attached hydrogen (secondary N) is 2. The van der Waals surface area contributed by atoms with E-state index in [1.807, 2.05) is 12.1 Å². The molecule has 0 saturated carbocycles. The summed E-state index contributed by atoms with van der Waals surface area (Å²) in [5.41, 5.74) is 2.03. The Labute approximate surface area is 116 Å². The maximum Gasteiger partial charge on any atom is 0.258 e. The number of nitrogens with zero attached hydrogens (tertiary/aromatic N) is 2. The number of aromatic nitrogens is 2. The van der Waals surface area contributed by atoms with E-state index in [-0.39, 0.29) is 11.7 Å². The lowest BCUT2D eigenvalue weighted by molar-refractivity contribution is -0.115. The lowest BCUT2D eigenvalue weighted by atomic mass is 10.2. The number of ketones is 1. The zero-order valence-corrected chi connectivity index (χ0v) is 11.4. The molecule has 1 heterocycles. The third-order valence-corrected chi connectivity index (χ3v) is 2.65. The third kappa shape index (κ3) is 3.68. The van der Waals surface area contributed by atoms with Crippen LogP contribution in [0.3, 0.4) is 0 Å². The van der Waals surface area contributed by atoms with Crippen LogP contribution in [0.4, 0.5) is 11.4 Å². The molecule has 0 unspecified atom stereocenters. The van der Waals surface area contributed by atoms with E-state index in [9.17, 15) is 9.59 Å². The van der Waals surface area contributed by atoms with Gasteiger partial charge in [-0.1, -0.05) is 0 Å². The molecule has 0 aliphatic heterocycles. The van der Waals surface area contributed by atoms with E-state index >= 15 is 0 Å². The average Bonchev–Trinajstić information content (AvgIpc) is 2.85. The van der Waals surface area contributed by atoms with Gasteiger partial charge in [0.05, 0.1) is 18.3 Å². The van der Waals surface area contributed by atoms with Gasteiger partial charge in [-0.2, -0.15) is 5.10 Å². The highest BCUT2D eigenvalue weighted by molar-refractivity contribution is 6.04. The van der Waals surface area contributed by atoms with Gasteiger partial charge in [0.25, 0.3) is 5.91 Å². The number of Topliss-reactive ketones (excluding diaryl/α,β-unsaturated/α-hetero) is 1. The van der Waals surface area contributed by atoms with Gasteiger partial charge in [-0.3, -0.25) is 14.3 Å². The molecule has 0 fully saturated rings. The molecule has 0 spiro atoms. The molecule has 2 aromatic rings. The van der Waals surface area contributed by atoms with Crippen LogP contribution in [0.2, 0.25) is 0 Å². The van der Waals surface area contributed by atoms with Crippen LogP contribution in [0.1, 0.15) is 17.3 Å². The summed E-state index contributed by atoms with van der Waals surface area (Å²) in [5, 5.41) is 9.71. The van der Waals surface area contributed by atoms with E-state index in [1.54, 1.807) is 30.1 Å². The molecule has 2 rings (SSSR count). The van der Waals surface area contributed by atoms with E-state index in [0.717, 1.165) is 5.69 Å². The summed E-state index contributed by atoms with van der Waals surface area (Å²) in [7, 11) is 1.76. The normalized spacial score (nSPS) is 10.1. The fourth-order valence-electron chi connectivity index (χ4n) is 1.64. The lowest BCUT2D eigenvalue weighted by Crippen LogP contribution is -2.12. The first-order valence-electron chi connectivity index (χ1n) is 6.18. The predicted octanol–water partition coefficient (Wildman–Crippen LogP) is 1.67. The molecule has 6 heteroatoms. The Balaban J connectivity index is 1.96. The van der Waals surface area contributed by atoms with Crippen LogP contribution in [-0.2, 0) is 11.8 Å². The highest BCUT2D eigenvalue weighted by atomic mass is 16.1. The Bertz CT molecular complexity index is 616. The van der Waals surface area contributed by atoms with Crippen LogP contribution < -0.4 is 10.6 Å². The van der Waals surface area contributed by atoms with Crippen molar-refractivity contribution in [1.82, 2.24) is 9.78 Å². The average molecular weight is 272 g/mol. The monoisotopic (exact) mass is 272 g/mol. The molecule has 1 aromatic heterocycles. The van der Waals surface area contributed by atoms with Crippen molar-refractivity contribution in [3.8, 4) is 0 Å². The van der Waals surface area contributed by atoms with Crippen molar-refractivity contribution < 1.29 is 9.59 Å². The number of rotatable bonds is 5. The van der Waals surface area contributed by atoms with Crippen molar-refractivity contribution in [2.45, 2.75) is 6.92 Å². The molecule has 0 aliphatic rings. The maximum atomic E-state index is 11.9. The Morgan fingerprint density at radius 2 is 1.85 bits per heavy atom. The minimum Gasteiger partial charge on any atom is -0.378 e. The molecule has 104 valence electrons. The van der Waals surface area contributed by atoms with Crippen molar-refractivity contribution in [2.75, 3.05) is 17.2 Å². The van der Waals surface area contributed by atoms with Crippen LogP contribution in [0.15, 0.2) is 36.7 Å². The number of hydrogen-bond donors (Lipinski definition) is 2. The van der Waals surface area contributed by atoms with Gasteiger partial charge in [0.1, 0.15) is 5.78 Å². The fraction of sp³-hybridized carbons (Fsp3) is 0.214. The van der Waals surface area contributed by atoms with Crippen LogP contribution in [-0.4, -0.2) is 28.0 Å². The minimum atomic E-state index is -0.206. The minimum absolute atomic E-state index is 0.0685. The number of benzene rings is 1. The first kappa shape index (κ1) is 13.8. The van der Waals surface area contributed by atoms with Crippen molar-refractivity contribution in [3.63, 3.8) is 0 Å². The van der Waals surface area contributed by atoms with Crippen LogP contribution >= 0.6 is 0 Å². The third-order valence-electron chi connectivity index (χ3n) is 2.65. The number of anilines is 2. The second-order valence-electron chi connectivity index (χ2n) is 4.49. The molecule has 20 heavy (non-hydrogen) atoms. The SMILES string of the molecule is CC(=O)CNc1ccc(NC(=O)c2cnn(C)c2)cc1. The number of carbonyl (C=O) groups is 2. The summed E-state index contributed by atoms with van der Waals surface area (Å²) in [5.74, 6) is -0.137. The van der Waals surface area contributed by atoms with E-state index in [2.05, 4.69) is 15.7 Å². The molecular weight excluding hydrogens is 256 g/mol. The summed E-state index contributed by atoms with van der Waals surface area (Å²) < 4.78 is 1.57. The molecule has 0 saturated heterocycles. The highest BCUT2D eigenvalue weighted by Gasteiger charge is 2.07. The van der Waals surface area contributed by atoms with Crippen LogP contribution in [0, 0.1) is 0 Å². The molecule has 0 atom stereocenters. The summed E-state index contributed by atoms with van der Waals surface area (Å²) in [6.45, 7) is 1.82. The first-order valence-corrected chi connectivity index (χ1v) is 6.18. The molecule has 0 aliphatic carbocycles. The van der Waals surface area contributed by atoms with Crippen LogP contribution in [0.5, 0.6) is 0 Å². The molecule has 0 radical (unpaired) electrons. The zero-order valence-electron chi connectivity index (χ0n) is 11.4. The largest absolute Gasteiger partial charge is 0.378 e. The second-order valence-corrected chi connectivity index (χ2v) is 4.49. The molecule has 2 N–H and O–H groups in total. The molecule has 0 bridgehead atoms. The van der Waals surface area contributed by atoms with Gasteiger partial charge in [0.2, 0.25) is 0 Å². The smallest absolute Gasteiger partial charge is 0.258 e. The van der Waals surface area contributed by atoms with Gasteiger partial charge >= 0.3 is 0 Å². The summed E-state index contributed by atoms with van der Waals surface area (Å²) in [4.78, 5) is 22.8. The number of amides is 1. The van der Waals surface area contributed by atoms with Crippen molar-refractivity contribution >= 4 is 23.1 Å². The standard InChI is InChI=1S/C14H16N4O2/c1-10(19)7-15-12-3-5-13(6-4-12)17-14(20)11-8-16-18(2)9-11/h3-6,8-9,15H,7H2,1-2H3,(H,17,20). The van der Waals surface area contributed by atoms with Gasteiger partial charge < -0.3 is 10.6 Å². The highest BCUT2D eigenvalue weighted by Crippen LogP contribution is 2.14. The van der Waals surface area contributed by atoms with Gasteiger partial charge in [0.15, 0.2) is 0 Å². The van der Waals surface area contributed by atoms with E-state index < -0.39 is 0 Å². The van der Waals surface area contributed by atoms with Crippen molar-refractivity contribution in [3.05, 3.63) is 42.2 Å². The van der Waals surface area contributed by atoms with Gasteiger partial charge in [0, 0.05) is 24.6 Å². The quantitative estimate of drug-likeness (QED) is 0.868. The van der Waals surface area contributed by atoms with Crippen molar-refractivity contribution in [2.24, 2.45) is 7.05 Å². The first-order chi connectivity index (χ1) is 9.54. The Morgan fingerprint density at radius 3 is 2.40 bits per heavy atom. The summed E-state index contributed by atoms with van der Waals surface area (Å²) in [6, 6.07) is 7.16. The van der Waals surface area contributed by atoms with E-state index in [0.29, 0.717) is 17.8 Å². The Morgan fingerprint density at radius 1 is 1.20 bits per heavy atom. The predicted molar refractivity (Wildman–Crippen MR) is 76.8 cm³/mol. The Hall–Kier alpha value is -2.63. The lowest BCUT2D eigenvalue weighted by Gasteiger charge is -2.06. The fourth-order valence-corrected chi connectivity index (χ4v) is 1.64.